The number of aromatic hydroxyl groups is 1. The summed E-state index contributed by atoms with van der Waals surface area (Å²) in [7, 11) is 1.26. The van der Waals surface area contributed by atoms with Crippen molar-refractivity contribution in [3.63, 3.8) is 0 Å². The molecule has 0 amide bonds. The molecular weight excluding hydrogens is 338 g/mol. The Bertz CT molecular complexity index is 395. The molecule has 1 rings (SSSR count). The average molecular weight is 347 g/mol. The van der Waals surface area contributed by atoms with Gasteiger partial charge in [-0.1, -0.05) is 0 Å². The van der Waals surface area contributed by atoms with Gasteiger partial charge in [0.15, 0.2) is 11.5 Å². The van der Waals surface area contributed by atoms with Gasteiger partial charge in [-0.25, -0.2) is 0 Å². The van der Waals surface area contributed by atoms with Gasteiger partial charge in [-0.3, -0.25) is 0 Å². The van der Waals surface area contributed by atoms with Crippen LogP contribution >= 0.6 is 22.6 Å². The van der Waals surface area contributed by atoms with Crippen molar-refractivity contribution in [2.24, 2.45) is 5.73 Å². The lowest BCUT2D eigenvalue weighted by Crippen LogP contribution is -2.28. The van der Waals surface area contributed by atoms with Gasteiger partial charge < -0.3 is 15.6 Å². The maximum atomic E-state index is 12.4. The first-order valence-electron chi connectivity index (χ1n) is 4.16. The van der Waals surface area contributed by atoms with Crippen molar-refractivity contribution in [3.05, 3.63) is 21.3 Å². The van der Waals surface area contributed by atoms with Gasteiger partial charge in [-0.2, -0.15) is 13.2 Å². The van der Waals surface area contributed by atoms with Gasteiger partial charge in [0.05, 0.1) is 10.7 Å². The third-order valence-corrected chi connectivity index (χ3v) is 2.80. The summed E-state index contributed by atoms with van der Waals surface area (Å²) >= 11 is 1.71. The Morgan fingerprint density at radius 3 is 2.44 bits per heavy atom. The molecule has 0 spiro atoms. The van der Waals surface area contributed by atoms with Gasteiger partial charge >= 0.3 is 6.18 Å². The standard InChI is InChI=1S/C9H9F3INO2/c1-16-6-3-4(2-5(13)7(6)15)8(14)9(10,11)12/h2-3,8,15H,14H2,1H3/t8-/m0/s1. The van der Waals surface area contributed by atoms with Gasteiger partial charge in [0.2, 0.25) is 0 Å². The van der Waals surface area contributed by atoms with Crippen LogP contribution in [0.5, 0.6) is 11.5 Å². The first-order valence-corrected chi connectivity index (χ1v) is 5.24. The Kier molecular flexibility index (Phi) is 3.89. The zero-order valence-electron chi connectivity index (χ0n) is 8.18. The van der Waals surface area contributed by atoms with Crippen LogP contribution in [0.2, 0.25) is 0 Å². The van der Waals surface area contributed by atoms with Crippen LogP contribution in [0.15, 0.2) is 12.1 Å². The van der Waals surface area contributed by atoms with Crippen LogP contribution in [0.25, 0.3) is 0 Å². The molecule has 3 N–H and O–H groups in total. The van der Waals surface area contributed by atoms with E-state index < -0.39 is 12.2 Å². The summed E-state index contributed by atoms with van der Waals surface area (Å²) in [5.41, 5.74) is 4.90. The number of hydrogen-bond acceptors (Lipinski definition) is 3. The molecule has 3 nitrogen and oxygen atoms in total. The van der Waals surface area contributed by atoms with Crippen LogP contribution in [0.4, 0.5) is 13.2 Å². The Labute approximate surface area is 104 Å². The van der Waals surface area contributed by atoms with E-state index in [1.807, 2.05) is 0 Å². The molecule has 1 atom stereocenters. The number of halogens is 4. The zero-order valence-corrected chi connectivity index (χ0v) is 10.3. The van der Waals surface area contributed by atoms with Crippen LogP contribution in [0.1, 0.15) is 11.6 Å². The van der Waals surface area contributed by atoms with E-state index in [2.05, 4.69) is 0 Å². The molecule has 1 aromatic carbocycles. The van der Waals surface area contributed by atoms with E-state index in [0.717, 1.165) is 6.07 Å². The number of nitrogens with two attached hydrogens (primary N) is 1. The van der Waals surface area contributed by atoms with Crippen LogP contribution in [0, 0.1) is 3.57 Å². The molecule has 90 valence electrons. The maximum absolute atomic E-state index is 12.4. The van der Waals surface area contributed by atoms with Gasteiger partial charge in [0.1, 0.15) is 6.04 Å². The SMILES string of the molecule is COc1cc([C@H](N)C(F)(F)F)cc(I)c1O. The molecule has 0 saturated carbocycles. The van der Waals surface area contributed by atoms with Crippen molar-refractivity contribution in [2.45, 2.75) is 12.2 Å². The highest BCUT2D eigenvalue weighted by atomic mass is 127. The molecular formula is C9H9F3INO2. The number of phenolic OH excluding ortho intramolecular Hbond substituents is 1. The quantitative estimate of drug-likeness (QED) is 0.809. The third kappa shape index (κ3) is 2.70. The predicted molar refractivity (Wildman–Crippen MR) is 60.4 cm³/mol. The summed E-state index contributed by atoms with van der Waals surface area (Å²) in [5.74, 6) is -0.220. The Hall–Kier alpha value is -0.700. The number of alkyl halides is 3. The maximum Gasteiger partial charge on any atom is 0.407 e. The van der Waals surface area contributed by atoms with Gasteiger partial charge in [0.25, 0.3) is 0 Å². The van der Waals surface area contributed by atoms with Crippen molar-refractivity contribution in [2.75, 3.05) is 7.11 Å². The molecule has 1 aromatic rings. The minimum absolute atomic E-state index is 0.0263. The van der Waals surface area contributed by atoms with E-state index in [9.17, 15) is 18.3 Å². The van der Waals surface area contributed by atoms with Crippen LogP contribution in [-0.4, -0.2) is 18.4 Å². The summed E-state index contributed by atoms with van der Waals surface area (Å²) in [6.07, 6.45) is -4.52. The monoisotopic (exact) mass is 347 g/mol. The lowest BCUT2D eigenvalue weighted by Gasteiger charge is -2.17. The molecule has 16 heavy (non-hydrogen) atoms. The fraction of sp³-hybridized carbons (Fsp3) is 0.333. The first-order chi connectivity index (χ1) is 7.27. The van der Waals surface area contributed by atoms with Crippen LogP contribution in [0.3, 0.4) is 0 Å². The highest BCUT2D eigenvalue weighted by Crippen LogP contribution is 2.37. The molecule has 0 aliphatic carbocycles. The first kappa shape index (κ1) is 13.4. The smallest absolute Gasteiger partial charge is 0.407 e. The fourth-order valence-corrected chi connectivity index (χ4v) is 1.74. The minimum Gasteiger partial charge on any atom is -0.504 e. The second kappa shape index (κ2) is 4.66. The molecule has 0 fully saturated rings. The van der Waals surface area contributed by atoms with Gasteiger partial charge in [-0.05, 0) is 40.3 Å². The highest BCUT2D eigenvalue weighted by molar-refractivity contribution is 14.1. The Balaban J connectivity index is 3.21. The highest BCUT2D eigenvalue weighted by Gasteiger charge is 2.38. The number of rotatable bonds is 2. The van der Waals surface area contributed by atoms with Crippen molar-refractivity contribution in [3.8, 4) is 11.5 Å². The van der Waals surface area contributed by atoms with Gasteiger partial charge in [-0.15, -0.1) is 0 Å². The second-order valence-electron chi connectivity index (χ2n) is 3.07. The molecule has 0 radical (unpaired) electrons. The summed E-state index contributed by atoms with van der Waals surface area (Å²) < 4.78 is 42.1. The van der Waals surface area contributed by atoms with Crippen molar-refractivity contribution in [1.82, 2.24) is 0 Å². The largest absolute Gasteiger partial charge is 0.504 e. The van der Waals surface area contributed by atoms with E-state index in [1.165, 1.54) is 13.2 Å². The molecule has 0 aliphatic rings. The molecule has 0 aliphatic heterocycles. The zero-order chi connectivity index (χ0) is 12.5. The molecule has 0 aromatic heterocycles. The second-order valence-corrected chi connectivity index (χ2v) is 4.24. The fourth-order valence-electron chi connectivity index (χ4n) is 1.12. The average Bonchev–Trinajstić information content (AvgIpc) is 2.19. The molecule has 7 heteroatoms. The van der Waals surface area contributed by atoms with Crippen molar-refractivity contribution < 1.29 is 23.0 Å². The van der Waals surface area contributed by atoms with Crippen molar-refractivity contribution >= 4 is 22.6 Å². The van der Waals surface area contributed by atoms with E-state index >= 15 is 0 Å². The number of phenols is 1. The number of benzene rings is 1. The number of hydrogen-bond donors (Lipinski definition) is 2. The normalized spacial score (nSPS) is 13.6. The third-order valence-electron chi connectivity index (χ3n) is 1.98. The van der Waals surface area contributed by atoms with E-state index in [0.29, 0.717) is 0 Å². The van der Waals surface area contributed by atoms with Crippen LogP contribution < -0.4 is 10.5 Å². The molecule has 0 saturated heterocycles. The van der Waals surface area contributed by atoms with Crippen LogP contribution in [-0.2, 0) is 0 Å². The Morgan fingerprint density at radius 2 is 2.00 bits per heavy atom. The summed E-state index contributed by atoms with van der Waals surface area (Å²) in [6, 6.07) is 0.169. The molecule has 0 unspecified atom stereocenters. The summed E-state index contributed by atoms with van der Waals surface area (Å²) in [6.45, 7) is 0. The van der Waals surface area contributed by atoms with E-state index in [-0.39, 0.29) is 20.6 Å². The predicted octanol–water partition coefficient (Wildman–Crippen LogP) is 2.57. The minimum atomic E-state index is -4.52. The summed E-state index contributed by atoms with van der Waals surface area (Å²) in [4.78, 5) is 0. The molecule has 0 bridgehead atoms. The van der Waals surface area contributed by atoms with E-state index in [4.69, 9.17) is 10.5 Å². The Morgan fingerprint density at radius 1 is 1.44 bits per heavy atom. The van der Waals surface area contributed by atoms with Gasteiger partial charge in [0, 0.05) is 0 Å². The van der Waals surface area contributed by atoms with Crippen molar-refractivity contribution in [1.29, 1.82) is 0 Å². The lowest BCUT2D eigenvalue weighted by atomic mass is 10.1. The number of ether oxygens (including phenoxy) is 1. The summed E-state index contributed by atoms with van der Waals surface area (Å²) in [5, 5.41) is 9.45. The van der Waals surface area contributed by atoms with E-state index in [1.54, 1.807) is 22.6 Å². The number of methoxy groups -OCH3 is 1. The topological polar surface area (TPSA) is 55.5 Å². The lowest BCUT2D eigenvalue weighted by molar-refractivity contribution is -0.149. The molecule has 0 heterocycles.